The Kier molecular flexibility index (Phi) is 4.37. The number of para-hydroxylation sites is 2. The van der Waals surface area contributed by atoms with Crippen molar-refractivity contribution in [2.24, 2.45) is 0 Å². The average molecular weight is 325 g/mol. The largest absolute Gasteiger partial charge is 0.493 e. The number of rotatable bonds is 5. The highest BCUT2D eigenvalue weighted by Crippen LogP contribution is 2.38. The standard InChI is InChI=1S/C16H15N5O3/c1-22-10-6-3-4-7-11(10)24-12-13(17)20-15(21-16(12)23-2)14-18-8-5-9-19-14/h3-9H,1-2H3,(H2,17,20,21). The Morgan fingerprint density at radius 2 is 1.54 bits per heavy atom. The van der Waals surface area contributed by atoms with Gasteiger partial charge >= 0.3 is 0 Å². The first-order valence-electron chi connectivity index (χ1n) is 7.02. The number of hydrogen-bond donors (Lipinski definition) is 1. The number of nitrogens with two attached hydrogens (primary N) is 1. The summed E-state index contributed by atoms with van der Waals surface area (Å²) in [5.74, 6) is 2.09. The highest BCUT2D eigenvalue weighted by Gasteiger charge is 2.19. The molecule has 0 radical (unpaired) electrons. The summed E-state index contributed by atoms with van der Waals surface area (Å²) in [6.07, 6.45) is 3.18. The van der Waals surface area contributed by atoms with Gasteiger partial charge in [0.15, 0.2) is 23.1 Å². The highest BCUT2D eigenvalue weighted by molar-refractivity contribution is 5.60. The van der Waals surface area contributed by atoms with Crippen molar-refractivity contribution in [3.8, 4) is 34.8 Å². The zero-order valence-corrected chi connectivity index (χ0v) is 13.1. The lowest BCUT2D eigenvalue weighted by Gasteiger charge is -2.14. The van der Waals surface area contributed by atoms with E-state index in [9.17, 15) is 0 Å². The molecule has 2 heterocycles. The maximum atomic E-state index is 6.02. The van der Waals surface area contributed by atoms with E-state index < -0.39 is 0 Å². The molecule has 0 amide bonds. The number of nitrogens with zero attached hydrogens (tertiary/aromatic N) is 4. The van der Waals surface area contributed by atoms with Crippen LogP contribution in [0.5, 0.6) is 23.1 Å². The van der Waals surface area contributed by atoms with Crippen molar-refractivity contribution in [2.45, 2.75) is 0 Å². The fraction of sp³-hybridized carbons (Fsp3) is 0.125. The minimum absolute atomic E-state index is 0.107. The van der Waals surface area contributed by atoms with Gasteiger partial charge in [-0.15, -0.1) is 0 Å². The van der Waals surface area contributed by atoms with Crippen molar-refractivity contribution in [2.75, 3.05) is 20.0 Å². The Morgan fingerprint density at radius 3 is 2.21 bits per heavy atom. The third-order valence-electron chi connectivity index (χ3n) is 3.10. The Hall–Kier alpha value is -3.42. The van der Waals surface area contributed by atoms with E-state index in [2.05, 4.69) is 19.9 Å². The van der Waals surface area contributed by atoms with E-state index >= 15 is 0 Å². The van der Waals surface area contributed by atoms with Crippen LogP contribution in [0.1, 0.15) is 0 Å². The predicted molar refractivity (Wildman–Crippen MR) is 87.1 cm³/mol. The summed E-state index contributed by atoms with van der Waals surface area (Å²) in [5.41, 5.74) is 6.02. The Labute approximate surface area is 138 Å². The molecule has 0 bridgehead atoms. The lowest BCUT2D eigenvalue weighted by atomic mass is 10.3. The minimum atomic E-state index is 0.107. The van der Waals surface area contributed by atoms with Crippen LogP contribution in [-0.4, -0.2) is 34.2 Å². The van der Waals surface area contributed by atoms with Gasteiger partial charge in [-0.25, -0.2) is 15.0 Å². The monoisotopic (exact) mass is 325 g/mol. The van der Waals surface area contributed by atoms with Crippen molar-refractivity contribution in [3.63, 3.8) is 0 Å². The normalized spacial score (nSPS) is 10.2. The van der Waals surface area contributed by atoms with Gasteiger partial charge in [-0.3, -0.25) is 0 Å². The second-order valence-corrected chi connectivity index (χ2v) is 4.60. The second-order valence-electron chi connectivity index (χ2n) is 4.60. The van der Waals surface area contributed by atoms with E-state index in [4.69, 9.17) is 19.9 Å². The number of ether oxygens (including phenoxy) is 3. The van der Waals surface area contributed by atoms with Crippen LogP contribution in [-0.2, 0) is 0 Å². The number of nitrogen functional groups attached to an aromatic ring is 1. The molecule has 2 N–H and O–H groups in total. The first-order valence-corrected chi connectivity index (χ1v) is 7.02. The first-order chi connectivity index (χ1) is 11.7. The van der Waals surface area contributed by atoms with E-state index in [0.29, 0.717) is 17.3 Å². The van der Waals surface area contributed by atoms with E-state index in [1.165, 1.54) is 7.11 Å². The van der Waals surface area contributed by atoms with Crippen LogP contribution in [0, 0.1) is 0 Å². The van der Waals surface area contributed by atoms with Crippen LogP contribution in [0.3, 0.4) is 0 Å². The number of benzene rings is 1. The molecule has 2 aromatic heterocycles. The fourth-order valence-corrected chi connectivity index (χ4v) is 2.01. The molecule has 0 saturated heterocycles. The molecular weight excluding hydrogens is 310 g/mol. The van der Waals surface area contributed by atoms with Crippen LogP contribution in [0.15, 0.2) is 42.7 Å². The summed E-state index contributed by atoms with van der Waals surface area (Å²) < 4.78 is 16.3. The molecule has 8 nitrogen and oxygen atoms in total. The molecule has 1 aromatic carbocycles. The molecule has 24 heavy (non-hydrogen) atoms. The number of methoxy groups -OCH3 is 2. The van der Waals surface area contributed by atoms with Gasteiger partial charge in [0, 0.05) is 12.4 Å². The maximum Gasteiger partial charge on any atom is 0.263 e. The summed E-state index contributed by atoms with van der Waals surface area (Å²) in [6.45, 7) is 0. The molecule has 0 atom stereocenters. The molecular formula is C16H15N5O3. The Bertz CT molecular complexity index is 842. The average Bonchev–Trinajstić information content (AvgIpc) is 2.64. The van der Waals surface area contributed by atoms with Gasteiger partial charge in [0.1, 0.15) is 0 Å². The van der Waals surface area contributed by atoms with Gasteiger partial charge in [0.2, 0.25) is 11.6 Å². The van der Waals surface area contributed by atoms with Gasteiger partial charge in [0.05, 0.1) is 14.2 Å². The molecule has 0 unspecified atom stereocenters. The molecule has 0 aliphatic heterocycles. The van der Waals surface area contributed by atoms with E-state index in [1.807, 2.05) is 12.1 Å². The number of hydrogen-bond acceptors (Lipinski definition) is 8. The van der Waals surface area contributed by atoms with Crippen LogP contribution in [0.2, 0.25) is 0 Å². The van der Waals surface area contributed by atoms with Crippen molar-refractivity contribution >= 4 is 5.82 Å². The minimum Gasteiger partial charge on any atom is -0.493 e. The van der Waals surface area contributed by atoms with Gasteiger partial charge in [-0.05, 0) is 18.2 Å². The van der Waals surface area contributed by atoms with Gasteiger partial charge in [-0.2, -0.15) is 4.98 Å². The van der Waals surface area contributed by atoms with Gasteiger partial charge in [0.25, 0.3) is 5.88 Å². The Morgan fingerprint density at radius 1 is 0.833 bits per heavy atom. The molecule has 0 fully saturated rings. The predicted octanol–water partition coefficient (Wildman–Crippen LogP) is 2.33. The van der Waals surface area contributed by atoms with Gasteiger partial charge < -0.3 is 19.9 Å². The molecule has 3 aromatic rings. The zero-order valence-electron chi connectivity index (χ0n) is 13.1. The Balaban J connectivity index is 2.02. The number of aromatic nitrogens is 4. The summed E-state index contributed by atoms with van der Waals surface area (Å²) in [7, 11) is 3.02. The highest BCUT2D eigenvalue weighted by atomic mass is 16.5. The quantitative estimate of drug-likeness (QED) is 0.762. The lowest BCUT2D eigenvalue weighted by Crippen LogP contribution is -2.05. The SMILES string of the molecule is COc1ccccc1Oc1c(N)nc(-c2ncccn2)nc1OC. The van der Waals surface area contributed by atoms with Crippen molar-refractivity contribution < 1.29 is 14.2 Å². The first kappa shape index (κ1) is 15.5. The topological polar surface area (TPSA) is 105 Å². The molecule has 0 aliphatic carbocycles. The molecule has 0 spiro atoms. The third kappa shape index (κ3) is 3.02. The van der Waals surface area contributed by atoms with E-state index in [1.54, 1.807) is 37.7 Å². The van der Waals surface area contributed by atoms with E-state index in [0.717, 1.165) is 0 Å². The fourth-order valence-electron chi connectivity index (χ4n) is 2.01. The summed E-state index contributed by atoms with van der Waals surface area (Å²) in [6, 6.07) is 8.85. The van der Waals surface area contributed by atoms with Crippen LogP contribution in [0.25, 0.3) is 11.6 Å². The smallest absolute Gasteiger partial charge is 0.263 e. The zero-order chi connectivity index (χ0) is 16.9. The molecule has 122 valence electrons. The molecule has 0 aliphatic rings. The number of anilines is 1. The van der Waals surface area contributed by atoms with Crippen molar-refractivity contribution in [1.29, 1.82) is 0 Å². The molecule has 8 heteroatoms. The van der Waals surface area contributed by atoms with Crippen LogP contribution < -0.4 is 19.9 Å². The van der Waals surface area contributed by atoms with Gasteiger partial charge in [-0.1, -0.05) is 12.1 Å². The van der Waals surface area contributed by atoms with Crippen LogP contribution >= 0.6 is 0 Å². The summed E-state index contributed by atoms with van der Waals surface area (Å²) in [5, 5.41) is 0. The van der Waals surface area contributed by atoms with Crippen molar-refractivity contribution in [1.82, 2.24) is 19.9 Å². The van der Waals surface area contributed by atoms with Crippen molar-refractivity contribution in [3.05, 3.63) is 42.7 Å². The summed E-state index contributed by atoms with van der Waals surface area (Å²) in [4.78, 5) is 16.7. The maximum absolute atomic E-state index is 6.02. The van der Waals surface area contributed by atoms with Crippen LogP contribution in [0.4, 0.5) is 5.82 Å². The second kappa shape index (κ2) is 6.78. The van der Waals surface area contributed by atoms with E-state index in [-0.39, 0.29) is 23.3 Å². The molecule has 3 rings (SSSR count). The molecule has 0 saturated carbocycles. The summed E-state index contributed by atoms with van der Waals surface area (Å²) >= 11 is 0. The lowest BCUT2D eigenvalue weighted by molar-refractivity contribution is 0.348. The third-order valence-corrected chi connectivity index (χ3v) is 3.10.